The van der Waals surface area contributed by atoms with Crippen molar-refractivity contribution in [2.75, 3.05) is 0 Å². The maximum atomic E-state index is 12.3. The van der Waals surface area contributed by atoms with Crippen molar-refractivity contribution in [1.29, 1.82) is 0 Å². The predicted molar refractivity (Wildman–Crippen MR) is 88.9 cm³/mol. The minimum Gasteiger partial charge on any atom is -0.368 e. The van der Waals surface area contributed by atoms with Crippen LogP contribution in [0.15, 0.2) is 42.5 Å². The molecule has 0 aromatic heterocycles. The molecule has 120 valence electrons. The third-order valence-electron chi connectivity index (χ3n) is 3.77. The Hall–Kier alpha value is -2.69. The lowest BCUT2D eigenvalue weighted by Gasteiger charge is -2.15. The van der Waals surface area contributed by atoms with Crippen molar-refractivity contribution < 1.29 is 14.4 Å². The van der Waals surface area contributed by atoms with Crippen molar-refractivity contribution in [3.8, 4) is 0 Å². The van der Waals surface area contributed by atoms with Gasteiger partial charge in [-0.15, -0.1) is 0 Å². The Morgan fingerprint density at radius 1 is 1.09 bits per heavy atom. The lowest BCUT2D eigenvalue weighted by Crippen LogP contribution is -2.44. The van der Waals surface area contributed by atoms with E-state index < -0.39 is 11.9 Å². The summed E-state index contributed by atoms with van der Waals surface area (Å²) in [5.74, 6) is -0.970. The van der Waals surface area contributed by atoms with E-state index in [-0.39, 0.29) is 24.5 Å². The second-order valence-electron chi connectivity index (χ2n) is 5.42. The monoisotopic (exact) mass is 312 g/mol. The highest BCUT2D eigenvalue weighted by atomic mass is 16.2. The van der Waals surface area contributed by atoms with Crippen LogP contribution in [-0.4, -0.2) is 23.6 Å². The molecule has 0 bridgehead atoms. The first-order valence-corrected chi connectivity index (χ1v) is 7.62. The van der Waals surface area contributed by atoms with E-state index in [0.717, 1.165) is 10.8 Å². The molecule has 0 aliphatic carbocycles. The van der Waals surface area contributed by atoms with Gasteiger partial charge in [-0.25, -0.2) is 0 Å². The number of carbonyl (C=O) groups excluding carboxylic acids is 3. The van der Waals surface area contributed by atoms with Gasteiger partial charge in [0.15, 0.2) is 0 Å². The van der Waals surface area contributed by atoms with Gasteiger partial charge in [0.2, 0.25) is 5.91 Å². The largest absolute Gasteiger partial charge is 0.368 e. The van der Waals surface area contributed by atoms with Gasteiger partial charge in [-0.3, -0.25) is 14.4 Å². The van der Waals surface area contributed by atoms with Crippen molar-refractivity contribution >= 4 is 28.4 Å². The summed E-state index contributed by atoms with van der Waals surface area (Å²) in [6, 6.07) is 12.2. The maximum absolute atomic E-state index is 12.3. The van der Waals surface area contributed by atoms with Crippen LogP contribution in [0.4, 0.5) is 0 Å². The van der Waals surface area contributed by atoms with E-state index in [1.54, 1.807) is 19.1 Å². The van der Waals surface area contributed by atoms with Crippen molar-refractivity contribution in [3.63, 3.8) is 0 Å². The van der Waals surface area contributed by atoms with Crippen LogP contribution in [-0.2, 0) is 9.59 Å². The normalized spacial score (nSPS) is 11.9. The average molecular weight is 312 g/mol. The summed E-state index contributed by atoms with van der Waals surface area (Å²) < 4.78 is 0. The third-order valence-corrected chi connectivity index (χ3v) is 3.77. The van der Waals surface area contributed by atoms with Gasteiger partial charge in [0, 0.05) is 18.4 Å². The first-order chi connectivity index (χ1) is 11.0. The number of hydrogen-bond acceptors (Lipinski definition) is 3. The molecule has 0 aliphatic rings. The van der Waals surface area contributed by atoms with Crippen LogP contribution in [0.5, 0.6) is 0 Å². The van der Waals surface area contributed by atoms with Gasteiger partial charge in [0.1, 0.15) is 11.8 Å². The zero-order valence-corrected chi connectivity index (χ0v) is 13.0. The lowest BCUT2D eigenvalue weighted by molar-refractivity contribution is -0.121. The zero-order valence-electron chi connectivity index (χ0n) is 13.0. The number of benzene rings is 2. The zero-order chi connectivity index (χ0) is 16.8. The summed E-state index contributed by atoms with van der Waals surface area (Å²) in [4.78, 5) is 35.2. The van der Waals surface area contributed by atoms with Gasteiger partial charge in [-0.1, -0.05) is 37.3 Å². The van der Waals surface area contributed by atoms with Gasteiger partial charge in [0.05, 0.1) is 0 Å². The highest BCUT2D eigenvalue weighted by Gasteiger charge is 2.19. The number of amides is 2. The molecule has 0 fully saturated rings. The van der Waals surface area contributed by atoms with E-state index in [0.29, 0.717) is 12.0 Å². The van der Waals surface area contributed by atoms with Crippen LogP contribution < -0.4 is 11.1 Å². The summed E-state index contributed by atoms with van der Waals surface area (Å²) in [6.07, 6.45) is 0.855. The van der Waals surface area contributed by atoms with E-state index in [1.165, 1.54) is 0 Å². The Bertz CT molecular complexity index is 740. The van der Waals surface area contributed by atoms with Gasteiger partial charge >= 0.3 is 0 Å². The van der Waals surface area contributed by atoms with Gasteiger partial charge in [-0.05, 0) is 29.3 Å². The fourth-order valence-corrected chi connectivity index (χ4v) is 2.34. The van der Waals surface area contributed by atoms with Crippen LogP contribution in [0.1, 0.15) is 36.5 Å². The van der Waals surface area contributed by atoms with Gasteiger partial charge in [0.25, 0.3) is 5.91 Å². The topological polar surface area (TPSA) is 89.3 Å². The Morgan fingerprint density at radius 2 is 1.78 bits per heavy atom. The quantitative estimate of drug-likeness (QED) is 0.821. The highest BCUT2D eigenvalue weighted by Crippen LogP contribution is 2.15. The number of fused-ring (bicyclic) bond motifs is 1. The standard InChI is InChI=1S/C18H20N2O3/c1-2-15(21)9-10-16(17(19)22)20-18(23)14-8-7-12-5-3-4-6-13(12)11-14/h3-8,11,16H,2,9-10H2,1H3,(H2,19,22)(H,20,23)/t16-/m0/s1. The number of hydrogen-bond donors (Lipinski definition) is 2. The molecule has 0 saturated heterocycles. The van der Waals surface area contributed by atoms with Crippen LogP contribution in [0.2, 0.25) is 0 Å². The Balaban J connectivity index is 2.10. The molecule has 2 aromatic rings. The van der Waals surface area contributed by atoms with Gasteiger partial charge < -0.3 is 11.1 Å². The minimum atomic E-state index is -0.843. The molecule has 5 nitrogen and oxygen atoms in total. The number of ketones is 1. The molecule has 0 unspecified atom stereocenters. The van der Waals surface area contributed by atoms with Gasteiger partial charge in [-0.2, -0.15) is 0 Å². The molecule has 0 spiro atoms. The Morgan fingerprint density at radius 3 is 2.43 bits per heavy atom. The molecule has 0 aliphatic heterocycles. The first-order valence-electron chi connectivity index (χ1n) is 7.62. The number of Topliss-reactive ketones (excluding diaryl/α,β-unsaturated/α-hetero) is 1. The maximum Gasteiger partial charge on any atom is 0.251 e. The van der Waals surface area contributed by atoms with Crippen molar-refractivity contribution in [2.45, 2.75) is 32.2 Å². The van der Waals surface area contributed by atoms with E-state index in [2.05, 4.69) is 5.32 Å². The first kappa shape index (κ1) is 16.7. The average Bonchev–Trinajstić information content (AvgIpc) is 2.57. The van der Waals surface area contributed by atoms with Crippen molar-refractivity contribution in [2.24, 2.45) is 5.73 Å². The summed E-state index contributed by atoms with van der Waals surface area (Å²) in [5.41, 5.74) is 5.77. The molecule has 0 heterocycles. The van der Waals surface area contributed by atoms with Crippen LogP contribution in [0, 0.1) is 0 Å². The van der Waals surface area contributed by atoms with Crippen molar-refractivity contribution in [1.82, 2.24) is 5.32 Å². The number of nitrogens with two attached hydrogens (primary N) is 1. The van der Waals surface area contributed by atoms with Crippen LogP contribution in [0.25, 0.3) is 10.8 Å². The third kappa shape index (κ3) is 4.39. The summed E-state index contributed by atoms with van der Waals surface area (Å²) in [5, 5.41) is 4.58. The van der Waals surface area contributed by atoms with Crippen LogP contribution >= 0.6 is 0 Å². The number of carbonyl (C=O) groups is 3. The van der Waals surface area contributed by atoms with Crippen LogP contribution in [0.3, 0.4) is 0 Å². The smallest absolute Gasteiger partial charge is 0.251 e. The summed E-state index contributed by atoms with van der Waals surface area (Å²) in [7, 11) is 0. The van der Waals surface area contributed by atoms with E-state index in [9.17, 15) is 14.4 Å². The second kappa shape index (κ2) is 7.54. The number of nitrogens with one attached hydrogen (secondary N) is 1. The SMILES string of the molecule is CCC(=O)CC[C@H](NC(=O)c1ccc2ccccc2c1)C(N)=O. The molecule has 0 radical (unpaired) electrons. The molecule has 2 rings (SSSR count). The van der Waals surface area contributed by atoms with E-state index >= 15 is 0 Å². The molecule has 3 N–H and O–H groups in total. The molecule has 2 amide bonds. The molecule has 1 atom stereocenters. The highest BCUT2D eigenvalue weighted by molar-refractivity contribution is 6.00. The second-order valence-corrected chi connectivity index (χ2v) is 5.42. The lowest BCUT2D eigenvalue weighted by atomic mass is 10.0. The minimum absolute atomic E-state index is 0.0382. The molecule has 0 saturated carbocycles. The fraction of sp³-hybridized carbons (Fsp3) is 0.278. The Labute approximate surface area is 134 Å². The number of primary amides is 1. The molecule has 23 heavy (non-hydrogen) atoms. The summed E-state index contributed by atoms with van der Waals surface area (Å²) >= 11 is 0. The predicted octanol–water partition coefficient (Wildman–Crippen LogP) is 2.18. The molecular weight excluding hydrogens is 292 g/mol. The summed E-state index contributed by atoms with van der Waals surface area (Å²) in [6.45, 7) is 1.76. The van der Waals surface area contributed by atoms with E-state index in [4.69, 9.17) is 5.73 Å². The Kier molecular flexibility index (Phi) is 5.46. The molecule has 5 heteroatoms. The fourth-order valence-electron chi connectivity index (χ4n) is 2.34. The van der Waals surface area contributed by atoms with E-state index in [1.807, 2.05) is 30.3 Å². The molecule has 2 aromatic carbocycles. The molecular formula is C18H20N2O3. The number of rotatable bonds is 7. The van der Waals surface area contributed by atoms with Crippen molar-refractivity contribution in [3.05, 3.63) is 48.0 Å².